The van der Waals surface area contributed by atoms with E-state index in [4.69, 9.17) is 10.5 Å². The molecule has 0 aliphatic heterocycles. The number of aryl methyl sites for hydroxylation is 1. The topological polar surface area (TPSA) is 57.2 Å². The zero-order valence-electron chi connectivity index (χ0n) is 10.2. The van der Waals surface area contributed by atoms with E-state index in [0.29, 0.717) is 0 Å². The third-order valence-electron chi connectivity index (χ3n) is 3.21. The number of methoxy groups -OCH3 is 1. The number of para-hydroxylation sites is 1. The lowest BCUT2D eigenvalue weighted by atomic mass is 10.0. The highest BCUT2D eigenvalue weighted by molar-refractivity contribution is 5.91. The Morgan fingerprint density at radius 3 is 2.71 bits per heavy atom. The average molecular weight is 232 g/mol. The van der Waals surface area contributed by atoms with Crippen LogP contribution in [0.15, 0.2) is 24.3 Å². The summed E-state index contributed by atoms with van der Waals surface area (Å²) in [6, 6.07) is 7.16. The first-order valence-electron chi connectivity index (χ1n) is 5.45. The van der Waals surface area contributed by atoms with Crippen molar-refractivity contribution < 1.29 is 9.53 Å². The molecular formula is C13H16N2O2. The highest BCUT2D eigenvalue weighted by Gasteiger charge is 2.23. The predicted octanol–water partition coefficient (Wildman–Crippen LogP) is 1.66. The van der Waals surface area contributed by atoms with Crippen molar-refractivity contribution in [2.24, 2.45) is 12.8 Å². The fraction of sp³-hybridized carbons (Fsp3) is 0.308. The Bertz CT molecular complexity index is 572. The molecule has 1 unspecified atom stereocenters. The Kier molecular flexibility index (Phi) is 2.90. The van der Waals surface area contributed by atoms with Crippen molar-refractivity contribution in [1.82, 2.24) is 4.57 Å². The monoisotopic (exact) mass is 232 g/mol. The molecule has 0 saturated carbocycles. The number of hydrogen-bond donors (Lipinski definition) is 1. The van der Waals surface area contributed by atoms with Crippen LogP contribution in [-0.2, 0) is 16.6 Å². The summed E-state index contributed by atoms with van der Waals surface area (Å²) in [7, 11) is 3.31. The van der Waals surface area contributed by atoms with Gasteiger partial charge in [-0.1, -0.05) is 18.2 Å². The molecule has 4 heteroatoms. The largest absolute Gasteiger partial charge is 0.468 e. The predicted molar refractivity (Wildman–Crippen MR) is 66.6 cm³/mol. The van der Waals surface area contributed by atoms with Crippen molar-refractivity contribution in [3.05, 3.63) is 35.5 Å². The van der Waals surface area contributed by atoms with E-state index in [-0.39, 0.29) is 0 Å². The minimum absolute atomic E-state index is 0.413. The summed E-state index contributed by atoms with van der Waals surface area (Å²) in [6.45, 7) is 1.96. The molecule has 0 saturated heterocycles. The highest BCUT2D eigenvalue weighted by Crippen LogP contribution is 2.29. The van der Waals surface area contributed by atoms with Crippen LogP contribution in [0.4, 0.5) is 0 Å². The van der Waals surface area contributed by atoms with Crippen LogP contribution < -0.4 is 5.73 Å². The minimum Gasteiger partial charge on any atom is -0.468 e. The van der Waals surface area contributed by atoms with E-state index in [2.05, 4.69) is 0 Å². The minimum atomic E-state index is -0.730. The fourth-order valence-electron chi connectivity index (χ4n) is 2.19. The van der Waals surface area contributed by atoms with Gasteiger partial charge in [-0.25, -0.2) is 0 Å². The smallest absolute Gasteiger partial charge is 0.327 e. The van der Waals surface area contributed by atoms with Gasteiger partial charge in [0.25, 0.3) is 0 Å². The molecule has 90 valence electrons. The number of carbonyl (C=O) groups excluding carboxylic acids is 1. The molecule has 0 aliphatic rings. The van der Waals surface area contributed by atoms with Gasteiger partial charge in [-0.15, -0.1) is 0 Å². The van der Waals surface area contributed by atoms with Crippen molar-refractivity contribution in [2.75, 3.05) is 7.11 Å². The number of nitrogens with two attached hydrogens (primary N) is 1. The van der Waals surface area contributed by atoms with E-state index in [1.165, 1.54) is 7.11 Å². The third kappa shape index (κ3) is 1.70. The zero-order chi connectivity index (χ0) is 12.6. The van der Waals surface area contributed by atoms with Gasteiger partial charge in [-0.05, 0) is 13.0 Å². The SMILES string of the molecule is COC(=O)C(N)c1c(C)n(C)c2ccccc12. The normalized spacial score (nSPS) is 12.7. The molecule has 17 heavy (non-hydrogen) atoms. The van der Waals surface area contributed by atoms with Crippen LogP contribution in [0.5, 0.6) is 0 Å². The molecular weight excluding hydrogens is 216 g/mol. The van der Waals surface area contributed by atoms with Crippen molar-refractivity contribution in [2.45, 2.75) is 13.0 Å². The molecule has 2 rings (SSSR count). The molecule has 0 radical (unpaired) electrons. The maximum Gasteiger partial charge on any atom is 0.327 e. The lowest BCUT2D eigenvalue weighted by Crippen LogP contribution is -2.23. The average Bonchev–Trinajstić information content (AvgIpc) is 2.61. The molecule has 2 aromatic rings. The maximum atomic E-state index is 11.6. The molecule has 0 fully saturated rings. The van der Waals surface area contributed by atoms with Gasteiger partial charge >= 0.3 is 5.97 Å². The Balaban J connectivity index is 2.69. The Morgan fingerprint density at radius 1 is 1.41 bits per heavy atom. The van der Waals surface area contributed by atoms with Gasteiger partial charge in [0.1, 0.15) is 6.04 Å². The molecule has 0 aliphatic carbocycles. The van der Waals surface area contributed by atoms with E-state index < -0.39 is 12.0 Å². The van der Waals surface area contributed by atoms with Crippen LogP contribution in [0.2, 0.25) is 0 Å². The summed E-state index contributed by atoms with van der Waals surface area (Å²) in [4.78, 5) is 11.6. The summed E-state index contributed by atoms with van der Waals surface area (Å²) in [5.41, 5.74) is 8.84. The highest BCUT2D eigenvalue weighted by atomic mass is 16.5. The molecule has 1 atom stereocenters. The van der Waals surface area contributed by atoms with Crippen molar-refractivity contribution in [3.8, 4) is 0 Å². The number of ether oxygens (including phenoxy) is 1. The number of nitrogens with zero attached hydrogens (tertiary/aromatic N) is 1. The zero-order valence-corrected chi connectivity index (χ0v) is 10.2. The van der Waals surface area contributed by atoms with Crippen molar-refractivity contribution >= 4 is 16.9 Å². The number of fused-ring (bicyclic) bond motifs is 1. The number of carbonyl (C=O) groups is 1. The van der Waals surface area contributed by atoms with Crippen LogP contribution in [0.25, 0.3) is 10.9 Å². The van der Waals surface area contributed by atoms with Crippen molar-refractivity contribution in [3.63, 3.8) is 0 Å². The van der Waals surface area contributed by atoms with E-state index in [9.17, 15) is 4.79 Å². The van der Waals surface area contributed by atoms with Crippen molar-refractivity contribution in [1.29, 1.82) is 0 Å². The van der Waals surface area contributed by atoms with E-state index in [0.717, 1.165) is 22.2 Å². The molecule has 1 aromatic carbocycles. The molecule has 4 nitrogen and oxygen atoms in total. The van der Waals surface area contributed by atoms with Gasteiger partial charge < -0.3 is 15.0 Å². The van der Waals surface area contributed by atoms with Crippen LogP contribution >= 0.6 is 0 Å². The number of hydrogen-bond acceptors (Lipinski definition) is 3. The molecule has 2 N–H and O–H groups in total. The summed E-state index contributed by atoms with van der Waals surface area (Å²) >= 11 is 0. The lowest BCUT2D eigenvalue weighted by molar-refractivity contribution is -0.142. The van der Waals surface area contributed by atoms with Crippen LogP contribution in [0.3, 0.4) is 0 Å². The first-order chi connectivity index (χ1) is 8.07. The van der Waals surface area contributed by atoms with Crippen LogP contribution in [-0.4, -0.2) is 17.6 Å². The Labute approximate surface area is 100.0 Å². The third-order valence-corrected chi connectivity index (χ3v) is 3.21. The Hall–Kier alpha value is -1.81. The first-order valence-corrected chi connectivity index (χ1v) is 5.45. The molecule has 0 bridgehead atoms. The van der Waals surface area contributed by atoms with E-state index in [1.807, 2.05) is 42.8 Å². The number of benzene rings is 1. The second-order valence-corrected chi connectivity index (χ2v) is 4.08. The van der Waals surface area contributed by atoms with Gasteiger partial charge in [0.05, 0.1) is 7.11 Å². The summed E-state index contributed by atoms with van der Waals surface area (Å²) in [5.74, 6) is -0.413. The number of rotatable bonds is 2. The maximum absolute atomic E-state index is 11.6. The fourth-order valence-corrected chi connectivity index (χ4v) is 2.19. The Morgan fingerprint density at radius 2 is 2.06 bits per heavy atom. The molecule has 1 heterocycles. The van der Waals surface area contributed by atoms with Crippen LogP contribution in [0, 0.1) is 6.92 Å². The molecule has 1 aromatic heterocycles. The van der Waals surface area contributed by atoms with Gasteiger partial charge in [0.15, 0.2) is 0 Å². The molecule has 0 spiro atoms. The summed E-state index contributed by atoms with van der Waals surface area (Å²) < 4.78 is 6.74. The number of aromatic nitrogens is 1. The van der Waals surface area contributed by atoms with Gasteiger partial charge in [-0.2, -0.15) is 0 Å². The number of esters is 1. The summed E-state index contributed by atoms with van der Waals surface area (Å²) in [6.07, 6.45) is 0. The van der Waals surface area contributed by atoms with E-state index in [1.54, 1.807) is 0 Å². The molecule has 0 amide bonds. The quantitative estimate of drug-likeness (QED) is 0.801. The van der Waals surface area contributed by atoms with Gasteiger partial charge in [0, 0.05) is 29.2 Å². The first kappa shape index (κ1) is 11.7. The second-order valence-electron chi connectivity index (χ2n) is 4.08. The lowest BCUT2D eigenvalue weighted by Gasteiger charge is -2.10. The van der Waals surface area contributed by atoms with Gasteiger partial charge in [-0.3, -0.25) is 4.79 Å². The summed E-state index contributed by atoms with van der Waals surface area (Å²) in [5, 5.41) is 1.01. The second kappa shape index (κ2) is 4.22. The van der Waals surface area contributed by atoms with Crippen LogP contribution in [0.1, 0.15) is 17.3 Å². The van der Waals surface area contributed by atoms with Gasteiger partial charge in [0.2, 0.25) is 0 Å². The standard InChI is InChI=1S/C13H16N2O2/c1-8-11(12(14)13(16)17-3)9-6-4-5-7-10(9)15(8)2/h4-7,12H,14H2,1-3H3. The van der Waals surface area contributed by atoms with E-state index >= 15 is 0 Å².